The topological polar surface area (TPSA) is 66.8 Å². The predicted molar refractivity (Wildman–Crippen MR) is 100 cm³/mol. The Morgan fingerprint density at radius 3 is 2.68 bits per heavy atom. The van der Waals surface area contributed by atoms with Crippen LogP contribution in [0.5, 0.6) is 0 Å². The van der Waals surface area contributed by atoms with Gasteiger partial charge in [0.05, 0.1) is 36.0 Å². The lowest BCUT2D eigenvalue weighted by Gasteiger charge is -2.28. The van der Waals surface area contributed by atoms with Gasteiger partial charge in [-0.1, -0.05) is 12.1 Å². The van der Waals surface area contributed by atoms with E-state index in [2.05, 4.69) is 32.5 Å². The first kappa shape index (κ1) is 17.6. The molecule has 2 heterocycles. The Kier molecular flexibility index (Phi) is 5.78. The van der Waals surface area contributed by atoms with E-state index in [1.807, 2.05) is 31.4 Å². The number of rotatable bonds is 5. The smallest absolute Gasteiger partial charge is 0.246 e. The van der Waals surface area contributed by atoms with E-state index >= 15 is 0 Å². The van der Waals surface area contributed by atoms with E-state index in [4.69, 9.17) is 4.74 Å². The van der Waals surface area contributed by atoms with E-state index in [1.54, 1.807) is 11.3 Å². The summed E-state index contributed by atoms with van der Waals surface area (Å²) < 4.78 is 5.38. The molecule has 0 bridgehead atoms. The van der Waals surface area contributed by atoms with Gasteiger partial charge in [0.25, 0.3) is 0 Å². The fourth-order valence-electron chi connectivity index (χ4n) is 2.64. The molecule has 1 aromatic carbocycles. The van der Waals surface area contributed by atoms with Crippen molar-refractivity contribution in [2.75, 3.05) is 31.2 Å². The summed E-state index contributed by atoms with van der Waals surface area (Å²) in [5, 5.41) is 7.06. The van der Waals surface area contributed by atoms with Gasteiger partial charge in [0.15, 0.2) is 0 Å². The van der Waals surface area contributed by atoms with Gasteiger partial charge in [0, 0.05) is 24.2 Å². The van der Waals surface area contributed by atoms with Gasteiger partial charge in [-0.15, -0.1) is 11.3 Å². The van der Waals surface area contributed by atoms with Crippen molar-refractivity contribution < 1.29 is 9.53 Å². The first-order chi connectivity index (χ1) is 12.1. The van der Waals surface area contributed by atoms with Gasteiger partial charge in [-0.2, -0.15) is 5.10 Å². The second kappa shape index (κ2) is 8.22. The van der Waals surface area contributed by atoms with E-state index in [-0.39, 0.29) is 12.3 Å². The number of hydrogen-bond donors (Lipinski definition) is 1. The summed E-state index contributed by atoms with van der Waals surface area (Å²) >= 11 is 1.54. The quantitative estimate of drug-likeness (QED) is 0.658. The minimum atomic E-state index is -0.158. The summed E-state index contributed by atoms with van der Waals surface area (Å²) in [5.41, 5.74) is 6.33. The van der Waals surface area contributed by atoms with Crippen LogP contribution in [0.25, 0.3) is 0 Å². The van der Waals surface area contributed by atoms with E-state index in [0.29, 0.717) is 0 Å². The molecule has 1 amide bonds. The SMILES string of the molecule is CC(=NNC(=O)Cc1csc(C)n1)c1ccc(N2CCOCC2)cc1. The van der Waals surface area contributed by atoms with Gasteiger partial charge in [0.2, 0.25) is 5.91 Å². The highest BCUT2D eigenvalue weighted by Crippen LogP contribution is 2.17. The van der Waals surface area contributed by atoms with Crippen molar-refractivity contribution in [1.82, 2.24) is 10.4 Å². The number of carbonyl (C=O) groups excluding carboxylic acids is 1. The van der Waals surface area contributed by atoms with Crippen molar-refractivity contribution >= 4 is 28.6 Å². The molecule has 6 nitrogen and oxygen atoms in total. The van der Waals surface area contributed by atoms with Crippen LogP contribution < -0.4 is 10.3 Å². The van der Waals surface area contributed by atoms with Gasteiger partial charge in [-0.25, -0.2) is 10.4 Å². The van der Waals surface area contributed by atoms with Crippen molar-refractivity contribution in [2.24, 2.45) is 5.10 Å². The van der Waals surface area contributed by atoms with E-state index in [0.717, 1.165) is 48.3 Å². The number of nitrogens with zero attached hydrogens (tertiary/aromatic N) is 3. The Balaban J connectivity index is 1.56. The number of amides is 1. The molecule has 1 N–H and O–H groups in total. The van der Waals surface area contributed by atoms with Crippen LogP contribution in [0, 0.1) is 6.92 Å². The molecule has 0 unspecified atom stereocenters. The van der Waals surface area contributed by atoms with Crippen LogP contribution in [0.2, 0.25) is 0 Å². The number of aromatic nitrogens is 1. The second-order valence-corrected chi connectivity index (χ2v) is 6.98. The lowest BCUT2D eigenvalue weighted by Crippen LogP contribution is -2.36. The molecule has 0 radical (unpaired) electrons. The Labute approximate surface area is 151 Å². The fraction of sp³-hybridized carbons (Fsp3) is 0.389. The van der Waals surface area contributed by atoms with Gasteiger partial charge in [0.1, 0.15) is 0 Å². The molecular formula is C18H22N4O2S. The summed E-state index contributed by atoms with van der Waals surface area (Å²) in [6.07, 6.45) is 0.247. The van der Waals surface area contributed by atoms with Crippen molar-refractivity contribution in [1.29, 1.82) is 0 Å². The Morgan fingerprint density at radius 1 is 1.32 bits per heavy atom. The number of ether oxygens (including phenoxy) is 1. The van der Waals surface area contributed by atoms with Crippen molar-refractivity contribution in [3.63, 3.8) is 0 Å². The van der Waals surface area contributed by atoms with Crippen LogP contribution in [0.15, 0.2) is 34.7 Å². The number of aryl methyl sites for hydroxylation is 1. The van der Waals surface area contributed by atoms with Crippen LogP contribution in [0.3, 0.4) is 0 Å². The monoisotopic (exact) mass is 358 g/mol. The maximum Gasteiger partial charge on any atom is 0.246 e. The van der Waals surface area contributed by atoms with E-state index in [9.17, 15) is 4.79 Å². The highest BCUT2D eigenvalue weighted by molar-refractivity contribution is 7.09. The van der Waals surface area contributed by atoms with Gasteiger partial charge in [-0.05, 0) is 31.5 Å². The largest absolute Gasteiger partial charge is 0.378 e. The standard InChI is InChI=1S/C18H22N4O2S/c1-13(20-21-18(23)11-16-12-25-14(2)19-16)15-3-5-17(6-4-15)22-7-9-24-10-8-22/h3-6,12H,7-11H2,1-2H3,(H,21,23). The number of hydrogen-bond acceptors (Lipinski definition) is 6. The number of hydrazone groups is 1. The number of morpholine rings is 1. The maximum atomic E-state index is 11.9. The average molecular weight is 358 g/mol. The predicted octanol–water partition coefficient (Wildman–Crippen LogP) is 2.37. The third kappa shape index (κ3) is 4.87. The van der Waals surface area contributed by atoms with Crippen LogP contribution in [0.1, 0.15) is 23.2 Å². The number of thiazole rings is 1. The normalized spacial score (nSPS) is 15.3. The third-order valence-electron chi connectivity index (χ3n) is 4.02. The number of anilines is 1. The van der Waals surface area contributed by atoms with E-state index in [1.165, 1.54) is 5.69 Å². The highest BCUT2D eigenvalue weighted by Gasteiger charge is 2.11. The maximum absolute atomic E-state index is 11.9. The average Bonchev–Trinajstić information content (AvgIpc) is 3.05. The molecule has 0 spiro atoms. The molecule has 132 valence electrons. The molecule has 0 atom stereocenters. The number of carbonyl (C=O) groups is 1. The zero-order chi connectivity index (χ0) is 17.6. The molecule has 1 aromatic heterocycles. The highest BCUT2D eigenvalue weighted by atomic mass is 32.1. The van der Waals surface area contributed by atoms with Crippen LogP contribution in [-0.2, 0) is 16.0 Å². The molecule has 2 aromatic rings. The summed E-state index contributed by atoms with van der Waals surface area (Å²) in [7, 11) is 0. The minimum Gasteiger partial charge on any atom is -0.378 e. The molecular weight excluding hydrogens is 336 g/mol. The van der Waals surface area contributed by atoms with Crippen molar-refractivity contribution in [3.8, 4) is 0 Å². The Bertz CT molecular complexity index is 749. The lowest BCUT2D eigenvalue weighted by molar-refractivity contribution is -0.120. The first-order valence-corrected chi connectivity index (χ1v) is 9.17. The molecule has 1 saturated heterocycles. The molecule has 1 fully saturated rings. The lowest BCUT2D eigenvalue weighted by atomic mass is 10.1. The summed E-state index contributed by atoms with van der Waals surface area (Å²) in [6.45, 7) is 7.18. The summed E-state index contributed by atoms with van der Waals surface area (Å²) in [5.74, 6) is -0.158. The molecule has 1 aliphatic rings. The van der Waals surface area contributed by atoms with Gasteiger partial charge < -0.3 is 9.64 Å². The summed E-state index contributed by atoms with van der Waals surface area (Å²) in [4.78, 5) is 18.5. The van der Waals surface area contributed by atoms with Crippen molar-refractivity contribution in [2.45, 2.75) is 20.3 Å². The van der Waals surface area contributed by atoms with Crippen LogP contribution in [0.4, 0.5) is 5.69 Å². The number of nitrogens with one attached hydrogen (secondary N) is 1. The number of benzene rings is 1. The van der Waals surface area contributed by atoms with E-state index < -0.39 is 0 Å². The second-order valence-electron chi connectivity index (χ2n) is 5.91. The van der Waals surface area contributed by atoms with Crippen LogP contribution in [-0.4, -0.2) is 42.9 Å². The molecule has 3 rings (SSSR count). The molecule has 0 saturated carbocycles. The zero-order valence-electron chi connectivity index (χ0n) is 14.5. The van der Waals surface area contributed by atoms with Gasteiger partial charge >= 0.3 is 0 Å². The first-order valence-electron chi connectivity index (χ1n) is 8.29. The van der Waals surface area contributed by atoms with Crippen LogP contribution >= 0.6 is 11.3 Å². The van der Waals surface area contributed by atoms with Gasteiger partial charge in [-0.3, -0.25) is 4.79 Å². The Hall–Kier alpha value is -2.25. The molecule has 0 aliphatic carbocycles. The summed E-state index contributed by atoms with van der Waals surface area (Å²) in [6, 6.07) is 8.22. The molecule has 7 heteroatoms. The molecule has 25 heavy (non-hydrogen) atoms. The van der Waals surface area contributed by atoms with Crippen molar-refractivity contribution in [3.05, 3.63) is 45.9 Å². The molecule has 1 aliphatic heterocycles. The zero-order valence-corrected chi connectivity index (χ0v) is 15.3. The fourth-order valence-corrected chi connectivity index (χ4v) is 3.25. The Morgan fingerprint density at radius 2 is 2.04 bits per heavy atom. The third-order valence-corrected chi connectivity index (χ3v) is 4.84. The minimum absolute atomic E-state index is 0.158.